The molecular formula is C14H19NO5S. The smallest absolute Gasteiger partial charge is 0.241 e. The largest absolute Gasteiger partial charge is 0.486 e. The van der Waals surface area contributed by atoms with E-state index in [1.54, 1.807) is 6.07 Å². The minimum Gasteiger partial charge on any atom is -0.486 e. The van der Waals surface area contributed by atoms with Gasteiger partial charge in [-0.3, -0.25) is 0 Å². The second-order valence-corrected chi connectivity index (χ2v) is 6.98. The molecule has 116 valence electrons. The molecule has 0 unspecified atom stereocenters. The monoisotopic (exact) mass is 313 g/mol. The van der Waals surface area contributed by atoms with E-state index in [9.17, 15) is 8.42 Å². The van der Waals surface area contributed by atoms with Crippen LogP contribution in [0.15, 0.2) is 23.1 Å². The Hall–Kier alpha value is -1.31. The standard InChI is InChI=1S/C14H19NO5S/c1-10(12-3-2-6-18-12)15-21(16,17)11-4-5-13-14(9-11)20-8-7-19-13/h4-5,9-10,12,15H,2-3,6-8H2,1H3/t10-,12+/m1/s1. The molecule has 0 aliphatic carbocycles. The summed E-state index contributed by atoms with van der Waals surface area (Å²) in [6, 6.07) is 4.39. The van der Waals surface area contributed by atoms with Gasteiger partial charge in [0.1, 0.15) is 13.2 Å². The van der Waals surface area contributed by atoms with Crippen molar-refractivity contribution in [3.05, 3.63) is 18.2 Å². The van der Waals surface area contributed by atoms with E-state index in [2.05, 4.69) is 4.72 Å². The second-order valence-electron chi connectivity index (χ2n) is 5.27. The molecule has 1 N–H and O–H groups in total. The Balaban J connectivity index is 1.77. The topological polar surface area (TPSA) is 73.9 Å². The average molecular weight is 313 g/mol. The van der Waals surface area contributed by atoms with Crippen LogP contribution in [0.2, 0.25) is 0 Å². The summed E-state index contributed by atoms with van der Waals surface area (Å²) in [5, 5.41) is 0. The molecule has 1 fully saturated rings. The van der Waals surface area contributed by atoms with E-state index in [0.717, 1.165) is 12.8 Å². The lowest BCUT2D eigenvalue weighted by molar-refractivity contribution is 0.0902. The van der Waals surface area contributed by atoms with Crippen LogP contribution >= 0.6 is 0 Å². The minimum absolute atomic E-state index is 0.0583. The van der Waals surface area contributed by atoms with Gasteiger partial charge in [0, 0.05) is 18.7 Å². The van der Waals surface area contributed by atoms with E-state index in [1.165, 1.54) is 12.1 Å². The minimum atomic E-state index is -3.60. The number of ether oxygens (including phenoxy) is 3. The van der Waals surface area contributed by atoms with Crippen LogP contribution in [0.4, 0.5) is 0 Å². The van der Waals surface area contributed by atoms with Crippen molar-refractivity contribution in [2.24, 2.45) is 0 Å². The normalized spacial score (nSPS) is 23.0. The molecule has 0 aromatic heterocycles. The lowest BCUT2D eigenvalue weighted by Gasteiger charge is -2.21. The van der Waals surface area contributed by atoms with Crippen molar-refractivity contribution in [2.45, 2.75) is 36.8 Å². The summed E-state index contributed by atoms with van der Waals surface area (Å²) >= 11 is 0. The summed E-state index contributed by atoms with van der Waals surface area (Å²) in [5.41, 5.74) is 0. The van der Waals surface area contributed by atoms with Gasteiger partial charge in [-0.05, 0) is 31.9 Å². The van der Waals surface area contributed by atoms with E-state index in [4.69, 9.17) is 14.2 Å². The first-order valence-corrected chi connectivity index (χ1v) is 8.58. The predicted molar refractivity (Wildman–Crippen MR) is 76.2 cm³/mol. The van der Waals surface area contributed by atoms with Crippen LogP contribution in [-0.4, -0.2) is 40.4 Å². The maximum atomic E-state index is 12.4. The van der Waals surface area contributed by atoms with Gasteiger partial charge in [-0.25, -0.2) is 13.1 Å². The van der Waals surface area contributed by atoms with Crippen LogP contribution in [0.1, 0.15) is 19.8 Å². The summed E-state index contributed by atoms with van der Waals surface area (Å²) in [6.45, 7) is 3.43. The Labute approximate surface area is 124 Å². The van der Waals surface area contributed by atoms with Crippen LogP contribution in [-0.2, 0) is 14.8 Å². The fourth-order valence-corrected chi connectivity index (χ4v) is 3.86. The van der Waals surface area contributed by atoms with Crippen molar-refractivity contribution < 1.29 is 22.6 Å². The van der Waals surface area contributed by atoms with Gasteiger partial charge in [0.25, 0.3) is 0 Å². The first kappa shape index (κ1) is 14.6. The molecule has 0 bridgehead atoms. The molecule has 0 spiro atoms. The first-order valence-electron chi connectivity index (χ1n) is 7.10. The number of sulfonamides is 1. The number of fused-ring (bicyclic) bond motifs is 1. The summed E-state index contributed by atoms with van der Waals surface area (Å²) in [7, 11) is -3.60. The fourth-order valence-electron chi connectivity index (χ4n) is 2.58. The van der Waals surface area contributed by atoms with Gasteiger partial charge < -0.3 is 14.2 Å². The van der Waals surface area contributed by atoms with Crippen molar-refractivity contribution in [3.8, 4) is 11.5 Å². The number of benzene rings is 1. The Kier molecular flexibility index (Phi) is 4.05. The van der Waals surface area contributed by atoms with Gasteiger partial charge in [0.15, 0.2) is 11.5 Å². The molecule has 2 aliphatic rings. The average Bonchev–Trinajstić information content (AvgIpc) is 3.00. The van der Waals surface area contributed by atoms with Gasteiger partial charge in [-0.15, -0.1) is 0 Å². The molecule has 1 aromatic carbocycles. The zero-order chi connectivity index (χ0) is 14.9. The molecule has 0 radical (unpaired) electrons. The maximum Gasteiger partial charge on any atom is 0.241 e. The SMILES string of the molecule is C[C@@H](NS(=O)(=O)c1ccc2c(c1)OCCO2)[C@@H]1CCCO1. The lowest BCUT2D eigenvalue weighted by atomic mass is 10.1. The third-order valence-corrected chi connectivity index (χ3v) is 5.24. The van der Waals surface area contributed by atoms with Crippen LogP contribution < -0.4 is 14.2 Å². The third-order valence-electron chi connectivity index (χ3n) is 3.69. The molecule has 21 heavy (non-hydrogen) atoms. The Morgan fingerprint density at radius 1 is 1.19 bits per heavy atom. The zero-order valence-corrected chi connectivity index (χ0v) is 12.7. The molecule has 1 aromatic rings. The number of hydrogen-bond acceptors (Lipinski definition) is 5. The highest BCUT2D eigenvalue weighted by atomic mass is 32.2. The quantitative estimate of drug-likeness (QED) is 0.907. The van der Waals surface area contributed by atoms with Gasteiger partial charge in [0.2, 0.25) is 10.0 Å². The van der Waals surface area contributed by atoms with E-state index in [1.807, 2.05) is 6.92 Å². The van der Waals surface area contributed by atoms with E-state index >= 15 is 0 Å². The van der Waals surface area contributed by atoms with Crippen LogP contribution in [0, 0.1) is 0 Å². The number of nitrogens with one attached hydrogen (secondary N) is 1. The van der Waals surface area contributed by atoms with Gasteiger partial charge in [0.05, 0.1) is 11.0 Å². The third kappa shape index (κ3) is 3.14. The summed E-state index contributed by atoms with van der Waals surface area (Å²) < 4.78 is 43.8. The molecule has 2 heterocycles. The van der Waals surface area contributed by atoms with E-state index in [-0.39, 0.29) is 17.0 Å². The van der Waals surface area contributed by atoms with Crippen molar-refractivity contribution >= 4 is 10.0 Å². The molecular weight excluding hydrogens is 294 g/mol. The zero-order valence-electron chi connectivity index (χ0n) is 11.9. The highest BCUT2D eigenvalue weighted by Gasteiger charge is 2.27. The molecule has 2 aliphatic heterocycles. The van der Waals surface area contributed by atoms with Gasteiger partial charge >= 0.3 is 0 Å². The maximum absolute atomic E-state index is 12.4. The van der Waals surface area contributed by atoms with E-state index in [0.29, 0.717) is 31.3 Å². The van der Waals surface area contributed by atoms with E-state index < -0.39 is 10.0 Å². The van der Waals surface area contributed by atoms with Crippen LogP contribution in [0.25, 0.3) is 0 Å². The van der Waals surface area contributed by atoms with Gasteiger partial charge in [-0.1, -0.05) is 0 Å². The highest BCUT2D eigenvalue weighted by Crippen LogP contribution is 2.32. The first-order chi connectivity index (χ1) is 10.1. The Morgan fingerprint density at radius 3 is 2.67 bits per heavy atom. The second kappa shape index (κ2) is 5.82. The Bertz CT molecular complexity index is 610. The van der Waals surface area contributed by atoms with Crippen LogP contribution in [0.3, 0.4) is 0 Å². The fraction of sp³-hybridized carbons (Fsp3) is 0.571. The van der Waals surface area contributed by atoms with Crippen molar-refractivity contribution in [2.75, 3.05) is 19.8 Å². The van der Waals surface area contributed by atoms with Crippen molar-refractivity contribution in [1.82, 2.24) is 4.72 Å². The van der Waals surface area contributed by atoms with Crippen molar-refractivity contribution in [1.29, 1.82) is 0 Å². The molecule has 1 saturated heterocycles. The number of hydrogen-bond donors (Lipinski definition) is 1. The van der Waals surface area contributed by atoms with Crippen LogP contribution in [0.5, 0.6) is 11.5 Å². The number of rotatable bonds is 4. The predicted octanol–water partition coefficient (Wildman–Crippen LogP) is 1.30. The van der Waals surface area contributed by atoms with Crippen molar-refractivity contribution in [3.63, 3.8) is 0 Å². The molecule has 3 rings (SSSR count). The Morgan fingerprint density at radius 2 is 1.95 bits per heavy atom. The molecule has 6 nitrogen and oxygen atoms in total. The highest BCUT2D eigenvalue weighted by molar-refractivity contribution is 7.89. The lowest BCUT2D eigenvalue weighted by Crippen LogP contribution is -2.40. The molecule has 7 heteroatoms. The molecule has 0 saturated carbocycles. The molecule has 2 atom stereocenters. The van der Waals surface area contributed by atoms with Gasteiger partial charge in [-0.2, -0.15) is 0 Å². The molecule has 0 amide bonds. The summed E-state index contributed by atoms with van der Waals surface area (Å²) in [6.07, 6.45) is 1.79. The summed E-state index contributed by atoms with van der Waals surface area (Å²) in [5.74, 6) is 1.04. The summed E-state index contributed by atoms with van der Waals surface area (Å²) in [4.78, 5) is 0.177.